The third kappa shape index (κ3) is 2.51. The molecule has 0 saturated heterocycles. The molecule has 1 aromatic heterocycles. The van der Waals surface area contributed by atoms with Crippen molar-refractivity contribution in [3.05, 3.63) is 27.1 Å². The van der Waals surface area contributed by atoms with Crippen molar-refractivity contribution < 1.29 is 19.9 Å². The predicted molar refractivity (Wildman–Crippen MR) is 48.2 cm³/mol. The van der Waals surface area contributed by atoms with Gasteiger partial charge in [0.15, 0.2) is 0 Å². The van der Waals surface area contributed by atoms with Gasteiger partial charge in [-0.15, -0.1) is 0 Å². The number of aliphatic hydroxyl groups excluding tert-OH is 1. The molecule has 1 unspecified atom stereocenters. The normalized spacial score (nSPS) is 12.4. The van der Waals surface area contributed by atoms with Gasteiger partial charge in [0, 0.05) is 10.9 Å². The summed E-state index contributed by atoms with van der Waals surface area (Å²) in [5.74, 6) is -1.14. The van der Waals surface area contributed by atoms with Crippen LogP contribution >= 0.6 is 11.3 Å². The van der Waals surface area contributed by atoms with E-state index in [1.807, 2.05) is 0 Å². The van der Waals surface area contributed by atoms with Crippen molar-refractivity contribution in [2.75, 3.05) is 0 Å². The Morgan fingerprint density at radius 3 is 2.71 bits per heavy atom. The Balaban J connectivity index is 2.76. The molecular formula is C7H7NO5S. The van der Waals surface area contributed by atoms with E-state index in [4.69, 9.17) is 5.11 Å². The number of carboxylic acid groups (broad SMARTS) is 1. The highest BCUT2D eigenvalue weighted by molar-refractivity contribution is 7.15. The van der Waals surface area contributed by atoms with E-state index in [9.17, 15) is 20.0 Å². The van der Waals surface area contributed by atoms with Crippen molar-refractivity contribution in [3.63, 3.8) is 0 Å². The van der Waals surface area contributed by atoms with Crippen LogP contribution in [0.2, 0.25) is 0 Å². The molecule has 1 heterocycles. The lowest BCUT2D eigenvalue weighted by molar-refractivity contribution is -0.380. The zero-order valence-electron chi connectivity index (χ0n) is 6.91. The first-order valence-electron chi connectivity index (χ1n) is 3.64. The van der Waals surface area contributed by atoms with Gasteiger partial charge in [0.05, 0.1) is 17.4 Å². The highest BCUT2D eigenvalue weighted by atomic mass is 32.1. The molecule has 14 heavy (non-hydrogen) atoms. The summed E-state index contributed by atoms with van der Waals surface area (Å²) in [5.41, 5.74) is 0. The van der Waals surface area contributed by atoms with E-state index < -0.39 is 23.4 Å². The van der Waals surface area contributed by atoms with E-state index in [0.717, 1.165) is 11.3 Å². The SMILES string of the molecule is O=C(O)CC(O)c1ccc([N+](=O)[O-])s1. The monoisotopic (exact) mass is 217 g/mol. The van der Waals surface area contributed by atoms with E-state index in [1.165, 1.54) is 12.1 Å². The van der Waals surface area contributed by atoms with E-state index >= 15 is 0 Å². The van der Waals surface area contributed by atoms with E-state index in [2.05, 4.69) is 0 Å². The average Bonchev–Trinajstić information content (AvgIpc) is 2.50. The number of hydrogen-bond donors (Lipinski definition) is 2. The van der Waals surface area contributed by atoms with Gasteiger partial charge in [-0.1, -0.05) is 11.3 Å². The molecule has 0 aliphatic heterocycles. The van der Waals surface area contributed by atoms with E-state index in [0.29, 0.717) is 4.88 Å². The number of aliphatic carboxylic acids is 1. The topological polar surface area (TPSA) is 101 Å². The maximum atomic E-state index is 10.3. The summed E-state index contributed by atoms with van der Waals surface area (Å²) in [7, 11) is 0. The largest absolute Gasteiger partial charge is 0.481 e. The molecule has 0 fully saturated rings. The van der Waals surface area contributed by atoms with Crippen molar-refractivity contribution in [3.8, 4) is 0 Å². The van der Waals surface area contributed by atoms with Crippen molar-refractivity contribution in [2.24, 2.45) is 0 Å². The van der Waals surface area contributed by atoms with Gasteiger partial charge < -0.3 is 10.2 Å². The van der Waals surface area contributed by atoms with Crippen LogP contribution in [0.15, 0.2) is 12.1 Å². The molecule has 0 aliphatic carbocycles. The molecule has 6 nitrogen and oxygen atoms in total. The molecule has 0 saturated carbocycles. The minimum absolute atomic E-state index is 0.107. The molecule has 7 heteroatoms. The zero-order chi connectivity index (χ0) is 10.7. The number of carbonyl (C=O) groups is 1. The van der Waals surface area contributed by atoms with Crippen LogP contribution in [0.5, 0.6) is 0 Å². The molecule has 0 aromatic carbocycles. The van der Waals surface area contributed by atoms with E-state index in [1.54, 1.807) is 0 Å². The van der Waals surface area contributed by atoms with Gasteiger partial charge in [-0.25, -0.2) is 0 Å². The standard InChI is InChI=1S/C7H7NO5S/c9-4(3-7(10)11)5-1-2-6(14-5)8(12)13/h1-2,4,9H,3H2,(H,10,11). The van der Waals surface area contributed by atoms with Crippen molar-refractivity contribution in [2.45, 2.75) is 12.5 Å². The number of aliphatic hydroxyl groups is 1. The molecule has 1 aromatic rings. The lowest BCUT2D eigenvalue weighted by atomic mass is 10.2. The van der Waals surface area contributed by atoms with Crippen LogP contribution in [0, 0.1) is 10.1 Å². The summed E-state index contributed by atoms with van der Waals surface area (Å²) in [4.78, 5) is 20.2. The fourth-order valence-electron chi connectivity index (χ4n) is 0.885. The number of hydrogen-bond acceptors (Lipinski definition) is 5. The van der Waals surface area contributed by atoms with Gasteiger partial charge in [-0.2, -0.15) is 0 Å². The van der Waals surface area contributed by atoms with Crippen LogP contribution in [-0.2, 0) is 4.79 Å². The second-order valence-corrected chi connectivity index (χ2v) is 3.64. The fraction of sp³-hybridized carbons (Fsp3) is 0.286. The Labute approximate surface area is 82.6 Å². The summed E-state index contributed by atoms with van der Waals surface area (Å²) in [6, 6.07) is 2.60. The fourth-order valence-corrected chi connectivity index (χ4v) is 1.69. The summed E-state index contributed by atoms with van der Waals surface area (Å²) < 4.78 is 0. The lowest BCUT2D eigenvalue weighted by Gasteiger charge is -2.02. The molecular weight excluding hydrogens is 210 g/mol. The van der Waals surface area contributed by atoms with Crippen molar-refractivity contribution in [1.29, 1.82) is 0 Å². The minimum atomic E-state index is -1.17. The van der Waals surface area contributed by atoms with E-state index in [-0.39, 0.29) is 5.00 Å². The Hall–Kier alpha value is -1.47. The van der Waals surface area contributed by atoms with Gasteiger partial charge in [-0.3, -0.25) is 14.9 Å². The first kappa shape index (κ1) is 10.6. The van der Waals surface area contributed by atoms with Gasteiger partial charge in [0.2, 0.25) is 0 Å². The maximum absolute atomic E-state index is 10.3. The number of carboxylic acids is 1. The molecule has 1 atom stereocenters. The second kappa shape index (κ2) is 4.16. The Bertz CT molecular complexity index is 361. The Kier molecular flexibility index (Phi) is 3.15. The zero-order valence-corrected chi connectivity index (χ0v) is 7.73. The van der Waals surface area contributed by atoms with Crippen LogP contribution in [0.4, 0.5) is 5.00 Å². The van der Waals surface area contributed by atoms with Crippen LogP contribution in [0.3, 0.4) is 0 Å². The smallest absolute Gasteiger partial charge is 0.324 e. The molecule has 0 radical (unpaired) electrons. The number of rotatable bonds is 4. The Morgan fingerprint density at radius 1 is 1.64 bits per heavy atom. The quantitative estimate of drug-likeness (QED) is 0.582. The van der Waals surface area contributed by atoms with Crippen molar-refractivity contribution >= 4 is 22.3 Å². The predicted octanol–water partition coefficient (Wildman–Crippen LogP) is 1.16. The van der Waals surface area contributed by atoms with Gasteiger partial charge in [0.1, 0.15) is 0 Å². The average molecular weight is 217 g/mol. The molecule has 76 valence electrons. The number of thiophene rings is 1. The second-order valence-electron chi connectivity index (χ2n) is 2.55. The maximum Gasteiger partial charge on any atom is 0.324 e. The molecule has 0 aliphatic rings. The van der Waals surface area contributed by atoms with Crippen molar-refractivity contribution in [1.82, 2.24) is 0 Å². The molecule has 1 rings (SSSR count). The van der Waals surface area contributed by atoms with Crippen LogP contribution in [0.1, 0.15) is 17.4 Å². The summed E-state index contributed by atoms with van der Waals surface area (Å²) in [5, 5.41) is 27.8. The third-order valence-electron chi connectivity index (χ3n) is 1.49. The lowest BCUT2D eigenvalue weighted by Crippen LogP contribution is -2.03. The third-order valence-corrected chi connectivity index (χ3v) is 2.63. The Morgan fingerprint density at radius 2 is 2.29 bits per heavy atom. The summed E-state index contributed by atoms with van der Waals surface area (Å²) in [6.07, 6.45) is -1.62. The van der Waals surface area contributed by atoms with Gasteiger partial charge in [0.25, 0.3) is 0 Å². The number of nitrogens with zero attached hydrogens (tertiary/aromatic N) is 1. The highest BCUT2D eigenvalue weighted by Crippen LogP contribution is 2.30. The molecule has 0 bridgehead atoms. The van der Waals surface area contributed by atoms with Crippen LogP contribution < -0.4 is 0 Å². The van der Waals surface area contributed by atoms with Gasteiger partial charge >= 0.3 is 11.0 Å². The number of nitro groups is 1. The molecule has 2 N–H and O–H groups in total. The van der Waals surface area contributed by atoms with Crippen LogP contribution in [0.25, 0.3) is 0 Å². The first-order chi connectivity index (χ1) is 6.50. The summed E-state index contributed by atoms with van der Waals surface area (Å²) in [6.45, 7) is 0. The molecule has 0 spiro atoms. The first-order valence-corrected chi connectivity index (χ1v) is 4.46. The molecule has 0 amide bonds. The highest BCUT2D eigenvalue weighted by Gasteiger charge is 2.17. The summed E-state index contributed by atoms with van der Waals surface area (Å²) >= 11 is 0.779. The van der Waals surface area contributed by atoms with Crippen LogP contribution in [-0.4, -0.2) is 21.1 Å². The van der Waals surface area contributed by atoms with Gasteiger partial charge in [-0.05, 0) is 6.07 Å². The minimum Gasteiger partial charge on any atom is -0.481 e.